The minimum atomic E-state index is -0.614. The zero-order chi connectivity index (χ0) is 13.5. The van der Waals surface area contributed by atoms with Crippen molar-refractivity contribution in [2.24, 2.45) is 0 Å². The van der Waals surface area contributed by atoms with Crippen LogP contribution < -0.4 is 5.32 Å². The molecule has 0 aliphatic heterocycles. The van der Waals surface area contributed by atoms with E-state index in [2.05, 4.69) is 10.1 Å². The molecule has 0 bridgehead atoms. The number of carbonyl (C=O) groups is 3. The number of hydrogen-bond donors (Lipinski definition) is 1. The van der Waals surface area contributed by atoms with Crippen LogP contribution >= 0.6 is 0 Å². The predicted octanol–water partition coefficient (Wildman–Crippen LogP) is -0.359. The van der Waals surface area contributed by atoms with Crippen molar-refractivity contribution in [3.05, 3.63) is 24.2 Å². The van der Waals surface area contributed by atoms with Gasteiger partial charge in [0.15, 0.2) is 5.76 Å². The van der Waals surface area contributed by atoms with E-state index in [-0.39, 0.29) is 18.8 Å². The number of furan rings is 1. The fraction of sp³-hybridized carbons (Fsp3) is 0.364. The molecule has 18 heavy (non-hydrogen) atoms. The van der Waals surface area contributed by atoms with Gasteiger partial charge in [-0.2, -0.15) is 0 Å². The molecule has 0 aliphatic carbocycles. The molecule has 7 heteroatoms. The summed E-state index contributed by atoms with van der Waals surface area (Å²) in [5, 5.41) is 2.14. The van der Waals surface area contributed by atoms with Gasteiger partial charge < -0.3 is 9.15 Å². The van der Waals surface area contributed by atoms with Crippen molar-refractivity contribution < 1.29 is 23.5 Å². The topological polar surface area (TPSA) is 88.9 Å². The summed E-state index contributed by atoms with van der Waals surface area (Å²) in [6.45, 7) is -0.125. The third-order valence-corrected chi connectivity index (χ3v) is 2.04. The molecule has 7 nitrogen and oxygen atoms in total. The Bertz CT molecular complexity index is 427. The third kappa shape index (κ3) is 4.38. The summed E-state index contributed by atoms with van der Waals surface area (Å²) in [5.74, 6) is -1.54. The Morgan fingerprint density at radius 2 is 2.11 bits per heavy atom. The number of nitrogens with zero attached hydrogens (tertiary/aromatic N) is 1. The number of rotatable bonds is 5. The van der Waals surface area contributed by atoms with Crippen LogP contribution in [0.4, 0.5) is 0 Å². The summed E-state index contributed by atoms with van der Waals surface area (Å²) in [6, 6.07) is 2.99. The first-order valence-electron chi connectivity index (χ1n) is 5.16. The van der Waals surface area contributed by atoms with Gasteiger partial charge in [0.05, 0.1) is 26.5 Å². The van der Waals surface area contributed by atoms with Gasteiger partial charge in [-0.25, -0.2) is 0 Å². The van der Waals surface area contributed by atoms with Gasteiger partial charge in [-0.05, 0) is 19.2 Å². The molecule has 1 aromatic rings. The second-order valence-electron chi connectivity index (χ2n) is 3.60. The van der Waals surface area contributed by atoms with Crippen LogP contribution in [0.5, 0.6) is 0 Å². The zero-order valence-corrected chi connectivity index (χ0v) is 10.1. The van der Waals surface area contributed by atoms with Gasteiger partial charge >= 0.3 is 5.97 Å². The lowest BCUT2D eigenvalue weighted by Crippen LogP contribution is -2.40. The lowest BCUT2D eigenvalue weighted by molar-refractivity contribution is -0.141. The van der Waals surface area contributed by atoms with Crippen LogP contribution in [0.1, 0.15) is 10.6 Å². The standard InChI is InChI=1S/C11H14N2O5/c1-13(7-10(15)17-2)6-9(14)12-11(16)8-4-3-5-18-8/h3-5H,6-7H2,1-2H3,(H,12,14,16). The maximum atomic E-state index is 11.5. The van der Waals surface area contributed by atoms with E-state index in [4.69, 9.17) is 4.42 Å². The van der Waals surface area contributed by atoms with Crippen LogP contribution in [0.15, 0.2) is 22.8 Å². The minimum absolute atomic E-state index is 0.0289. The number of nitrogens with one attached hydrogen (secondary N) is 1. The molecule has 0 spiro atoms. The maximum absolute atomic E-state index is 11.5. The van der Waals surface area contributed by atoms with E-state index in [0.717, 1.165) is 0 Å². The Hall–Kier alpha value is -2.15. The van der Waals surface area contributed by atoms with E-state index in [1.165, 1.54) is 24.3 Å². The largest absolute Gasteiger partial charge is 0.468 e. The first kappa shape index (κ1) is 13.9. The molecule has 0 saturated carbocycles. The Labute approximate surface area is 104 Å². The average molecular weight is 254 g/mol. The molecule has 0 atom stereocenters. The van der Waals surface area contributed by atoms with Crippen molar-refractivity contribution in [2.75, 3.05) is 27.2 Å². The number of hydrogen-bond acceptors (Lipinski definition) is 6. The van der Waals surface area contributed by atoms with Gasteiger partial charge in [0, 0.05) is 0 Å². The van der Waals surface area contributed by atoms with Gasteiger partial charge in [0.1, 0.15) is 0 Å². The number of amides is 2. The van der Waals surface area contributed by atoms with Crippen LogP contribution in [-0.2, 0) is 14.3 Å². The molecule has 0 radical (unpaired) electrons. The molecular weight excluding hydrogens is 240 g/mol. The molecule has 98 valence electrons. The van der Waals surface area contributed by atoms with Crippen molar-refractivity contribution in [1.82, 2.24) is 10.2 Å². The van der Waals surface area contributed by atoms with E-state index in [9.17, 15) is 14.4 Å². The van der Waals surface area contributed by atoms with E-state index in [0.29, 0.717) is 0 Å². The van der Waals surface area contributed by atoms with E-state index in [1.54, 1.807) is 13.1 Å². The Morgan fingerprint density at radius 3 is 2.67 bits per heavy atom. The maximum Gasteiger partial charge on any atom is 0.319 e. The predicted molar refractivity (Wildman–Crippen MR) is 60.7 cm³/mol. The summed E-state index contributed by atoms with van der Waals surface area (Å²) in [5.41, 5.74) is 0. The summed E-state index contributed by atoms with van der Waals surface area (Å²) in [4.78, 5) is 35.3. The molecule has 1 rings (SSSR count). The van der Waals surface area contributed by atoms with Crippen LogP contribution in [0.3, 0.4) is 0 Å². The second kappa shape index (κ2) is 6.55. The molecule has 1 aromatic heterocycles. The van der Waals surface area contributed by atoms with E-state index < -0.39 is 17.8 Å². The molecule has 1 N–H and O–H groups in total. The van der Waals surface area contributed by atoms with Crippen LogP contribution in [0.2, 0.25) is 0 Å². The smallest absolute Gasteiger partial charge is 0.319 e. The first-order chi connectivity index (χ1) is 8.52. The molecule has 0 unspecified atom stereocenters. The SMILES string of the molecule is COC(=O)CN(C)CC(=O)NC(=O)c1ccco1. The minimum Gasteiger partial charge on any atom is -0.468 e. The number of likely N-dealkylation sites (N-methyl/N-ethyl adjacent to an activating group) is 1. The number of imide groups is 1. The van der Waals surface area contributed by atoms with Crippen molar-refractivity contribution in [2.45, 2.75) is 0 Å². The van der Waals surface area contributed by atoms with Crippen LogP contribution in [-0.4, -0.2) is 49.9 Å². The van der Waals surface area contributed by atoms with E-state index >= 15 is 0 Å². The molecular formula is C11H14N2O5. The summed E-state index contributed by atoms with van der Waals surface area (Å²) < 4.78 is 9.28. The lowest BCUT2D eigenvalue weighted by atomic mass is 10.4. The second-order valence-corrected chi connectivity index (χ2v) is 3.60. The molecule has 0 fully saturated rings. The number of methoxy groups -OCH3 is 1. The highest BCUT2D eigenvalue weighted by molar-refractivity contribution is 6.03. The normalized spacial score (nSPS) is 10.2. The van der Waals surface area contributed by atoms with Crippen molar-refractivity contribution in [3.8, 4) is 0 Å². The lowest BCUT2D eigenvalue weighted by Gasteiger charge is -2.13. The summed E-state index contributed by atoms with van der Waals surface area (Å²) >= 11 is 0. The van der Waals surface area contributed by atoms with Crippen LogP contribution in [0.25, 0.3) is 0 Å². The summed E-state index contributed by atoms with van der Waals surface area (Å²) in [7, 11) is 2.82. The quantitative estimate of drug-likeness (QED) is 0.722. The van der Waals surface area contributed by atoms with E-state index in [1.807, 2.05) is 0 Å². The molecule has 0 saturated heterocycles. The summed E-state index contributed by atoms with van der Waals surface area (Å²) in [6.07, 6.45) is 1.34. The molecule has 1 heterocycles. The number of ether oxygens (including phenoxy) is 1. The highest BCUT2D eigenvalue weighted by atomic mass is 16.5. The van der Waals surface area contributed by atoms with Gasteiger partial charge in [0.2, 0.25) is 5.91 Å². The number of esters is 1. The first-order valence-corrected chi connectivity index (χ1v) is 5.16. The fourth-order valence-corrected chi connectivity index (χ4v) is 1.22. The van der Waals surface area contributed by atoms with Crippen molar-refractivity contribution >= 4 is 17.8 Å². The molecule has 0 aliphatic rings. The Kier molecular flexibility index (Phi) is 5.06. The Balaban J connectivity index is 2.37. The Morgan fingerprint density at radius 1 is 1.39 bits per heavy atom. The van der Waals surface area contributed by atoms with Gasteiger partial charge in [-0.15, -0.1) is 0 Å². The highest BCUT2D eigenvalue weighted by Crippen LogP contribution is 1.98. The average Bonchev–Trinajstić information content (AvgIpc) is 2.81. The molecule has 2 amide bonds. The monoisotopic (exact) mass is 254 g/mol. The van der Waals surface area contributed by atoms with Gasteiger partial charge in [-0.1, -0.05) is 0 Å². The van der Waals surface area contributed by atoms with Crippen molar-refractivity contribution in [3.63, 3.8) is 0 Å². The van der Waals surface area contributed by atoms with Gasteiger partial charge in [0.25, 0.3) is 5.91 Å². The van der Waals surface area contributed by atoms with Gasteiger partial charge in [-0.3, -0.25) is 24.6 Å². The highest BCUT2D eigenvalue weighted by Gasteiger charge is 2.15. The number of carbonyl (C=O) groups excluding carboxylic acids is 3. The molecule has 0 aromatic carbocycles. The fourth-order valence-electron chi connectivity index (χ4n) is 1.22. The van der Waals surface area contributed by atoms with Crippen molar-refractivity contribution in [1.29, 1.82) is 0 Å². The third-order valence-electron chi connectivity index (χ3n) is 2.04. The zero-order valence-electron chi connectivity index (χ0n) is 10.1. The van der Waals surface area contributed by atoms with Crippen LogP contribution in [0, 0.1) is 0 Å².